The molecule has 4 rings (SSSR count). The third kappa shape index (κ3) is 5.81. The molecule has 1 aromatic heterocycles. The molecular weight excluding hydrogens is 494 g/mol. The molecular formula is C24H16ClN3O6S. The van der Waals surface area contributed by atoms with Crippen LogP contribution in [0, 0.1) is 10.1 Å². The number of nitro benzene ring substituents is 1. The molecule has 1 N–H and O–H groups in total. The summed E-state index contributed by atoms with van der Waals surface area (Å²) in [6.07, 6.45) is 1.33. The summed E-state index contributed by atoms with van der Waals surface area (Å²) in [5.74, 6) is -0.609. The van der Waals surface area contributed by atoms with E-state index in [-0.39, 0.29) is 22.9 Å². The van der Waals surface area contributed by atoms with Gasteiger partial charge in [-0.2, -0.15) is 5.10 Å². The number of thiophene rings is 1. The first kappa shape index (κ1) is 23.9. The number of halogens is 1. The summed E-state index contributed by atoms with van der Waals surface area (Å²) in [5.41, 5.74) is 2.68. The lowest BCUT2D eigenvalue weighted by molar-refractivity contribution is -0.384. The predicted molar refractivity (Wildman–Crippen MR) is 133 cm³/mol. The van der Waals surface area contributed by atoms with Crippen LogP contribution in [0.25, 0.3) is 10.1 Å². The molecule has 0 atom stereocenters. The number of nitrogens with one attached hydrogen (secondary N) is 1. The van der Waals surface area contributed by atoms with Crippen molar-refractivity contribution in [3.05, 3.63) is 98.4 Å². The Kier molecular flexibility index (Phi) is 7.34. The molecule has 11 heteroatoms. The van der Waals surface area contributed by atoms with E-state index in [9.17, 15) is 19.7 Å². The molecule has 0 aliphatic heterocycles. The third-order valence-electron chi connectivity index (χ3n) is 4.65. The zero-order valence-electron chi connectivity index (χ0n) is 17.8. The number of fused-ring (bicyclic) bond motifs is 1. The van der Waals surface area contributed by atoms with Gasteiger partial charge in [0.15, 0.2) is 6.61 Å². The molecule has 1 heterocycles. The Labute approximate surface area is 207 Å². The lowest BCUT2D eigenvalue weighted by Gasteiger charge is -2.07. The van der Waals surface area contributed by atoms with Gasteiger partial charge in [-0.3, -0.25) is 14.9 Å². The number of hydrazone groups is 1. The molecule has 176 valence electrons. The summed E-state index contributed by atoms with van der Waals surface area (Å²) in [5, 5.41) is 15.7. The first-order valence-electron chi connectivity index (χ1n) is 10.1. The van der Waals surface area contributed by atoms with E-state index in [2.05, 4.69) is 10.5 Å². The summed E-state index contributed by atoms with van der Waals surface area (Å²) >= 11 is 7.61. The van der Waals surface area contributed by atoms with Gasteiger partial charge in [-0.1, -0.05) is 41.9 Å². The summed E-state index contributed by atoms with van der Waals surface area (Å²) in [6, 6.07) is 19.4. The lowest BCUT2D eigenvalue weighted by atomic mass is 10.2. The van der Waals surface area contributed by atoms with Gasteiger partial charge < -0.3 is 9.47 Å². The van der Waals surface area contributed by atoms with E-state index in [1.165, 1.54) is 41.8 Å². The van der Waals surface area contributed by atoms with E-state index in [0.29, 0.717) is 16.3 Å². The van der Waals surface area contributed by atoms with Crippen LogP contribution >= 0.6 is 22.9 Å². The van der Waals surface area contributed by atoms with Crippen molar-refractivity contribution in [1.29, 1.82) is 0 Å². The van der Waals surface area contributed by atoms with E-state index in [1.807, 2.05) is 24.3 Å². The number of carbonyl (C=O) groups excluding carboxylic acids is 2. The Morgan fingerprint density at radius 2 is 1.77 bits per heavy atom. The van der Waals surface area contributed by atoms with E-state index >= 15 is 0 Å². The minimum absolute atomic E-state index is 0.0830. The minimum Gasteiger partial charge on any atom is -0.484 e. The molecule has 0 saturated carbocycles. The van der Waals surface area contributed by atoms with E-state index in [0.717, 1.165) is 10.1 Å². The standard InChI is InChI=1S/C24H16ClN3O6S/c25-22-18-6-2-4-8-20(18)35-23(22)24(30)34-19-7-3-1-5-15(19)13-26-27-21(29)14-33-17-11-9-16(10-12-17)28(31)32/h1-13H,14H2,(H,27,29)/b26-13-. The van der Waals surface area contributed by atoms with Gasteiger partial charge in [0.1, 0.15) is 16.4 Å². The average Bonchev–Trinajstić information content (AvgIpc) is 3.20. The summed E-state index contributed by atoms with van der Waals surface area (Å²) in [4.78, 5) is 35.2. The minimum atomic E-state index is -0.599. The van der Waals surface area contributed by atoms with Crippen molar-refractivity contribution in [3.63, 3.8) is 0 Å². The number of ether oxygens (including phenoxy) is 2. The Hall–Kier alpha value is -4.28. The highest BCUT2D eigenvalue weighted by Gasteiger charge is 2.19. The maximum Gasteiger partial charge on any atom is 0.355 e. The van der Waals surface area contributed by atoms with Gasteiger partial charge in [0.25, 0.3) is 11.6 Å². The van der Waals surface area contributed by atoms with E-state index in [1.54, 1.807) is 24.3 Å². The smallest absolute Gasteiger partial charge is 0.355 e. The zero-order valence-corrected chi connectivity index (χ0v) is 19.4. The summed E-state index contributed by atoms with van der Waals surface area (Å²) in [6.45, 7) is -0.351. The van der Waals surface area contributed by atoms with Crippen molar-refractivity contribution >= 4 is 56.8 Å². The molecule has 1 amide bonds. The fraction of sp³-hybridized carbons (Fsp3) is 0.0417. The number of esters is 1. The van der Waals surface area contributed by atoms with E-state index < -0.39 is 16.8 Å². The lowest BCUT2D eigenvalue weighted by Crippen LogP contribution is -2.24. The van der Waals surface area contributed by atoms with Crippen LogP contribution < -0.4 is 14.9 Å². The van der Waals surface area contributed by atoms with Gasteiger partial charge in [0, 0.05) is 27.8 Å². The Morgan fingerprint density at radius 3 is 2.51 bits per heavy atom. The highest BCUT2D eigenvalue weighted by molar-refractivity contribution is 7.21. The predicted octanol–water partition coefficient (Wildman–Crippen LogP) is 5.21. The van der Waals surface area contributed by atoms with Crippen molar-refractivity contribution < 1.29 is 24.0 Å². The monoisotopic (exact) mass is 509 g/mol. The number of para-hydroxylation sites is 1. The fourth-order valence-corrected chi connectivity index (χ4v) is 4.38. The molecule has 35 heavy (non-hydrogen) atoms. The average molecular weight is 510 g/mol. The number of rotatable bonds is 8. The van der Waals surface area contributed by atoms with Gasteiger partial charge >= 0.3 is 5.97 Å². The molecule has 0 aliphatic carbocycles. The second kappa shape index (κ2) is 10.8. The molecule has 0 saturated heterocycles. The first-order valence-corrected chi connectivity index (χ1v) is 11.3. The SMILES string of the molecule is O=C(COc1ccc([N+](=O)[O-])cc1)N/N=C\c1ccccc1OC(=O)c1sc2ccccc2c1Cl. The molecule has 0 aliphatic rings. The Balaban J connectivity index is 1.36. The molecule has 0 spiro atoms. The molecule has 4 aromatic rings. The maximum absolute atomic E-state index is 12.8. The van der Waals surface area contributed by atoms with Gasteiger partial charge in [0.2, 0.25) is 0 Å². The second-order valence-electron chi connectivity index (χ2n) is 7.00. The highest BCUT2D eigenvalue weighted by Crippen LogP contribution is 2.36. The number of nitrogens with zero attached hydrogens (tertiary/aromatic N) is 2. The number of carbonyl (C=O) groups is 2. The van der Waals surface area contributed by atoms with Crippen LogP contribution in [0.5, 0.6) is 11.5 Å². The molecule has 0 unspecified atom stereocenters. The van der Waals surface area contributed by atoms with Crippen LogP contribution in [0.1, 0.15) is 15.2 Å². The van der Waals surface area contributed by atoms with E-state index in [4.69, 9.17) is 21.1 Å². The second-order valence-corrected chi connectivity index (χ2v) is 8.43. The molecule has 9 nitrogen and oxygen atoms in total. The normalized spacial score (nSPS) is 10.9. The number of nitro groups is 1. The van der Waals surface area contributed by atoms with Gasteiger partial charge in [-0.25, -0.2) is 10.2 Å². The number of amides is 1. The zero-order chi connectivity index (χ0) is 24.8. The topological polar surface area (TPSA) is 120 Å². The quantitative estimate of drug-likeness (QED) is 0.114. The highest BCUT2D eigenvalue weighted by atomic mass is 35.5. The van der Waals surface area contributed by atoms with Crippen LogP contribution in [-0.2, 0) is 4.79 Å². The van der Waals surface area contributed by atoms with Gasteiger partial charge in [-0.05, 0) is 30.3 Å². The van der Waals surface area contributed by atoms with Crippen LogP contribution in [0.3, 0.4) is 0 Å². The van der Waals surface area contributed by atoms with Crippen molar-refractivity contribution in [2.24, 2.45) is 5.10 Å². The third-order valence-corrected chi connectivity index (χ3v) is 6.31. The number of hydrogen-bond donors (Lipinski definition) is 1. The van der Waals surface area contributed by atoms with Crippen molar-refractivity contribution in [3.8, 4) is 11.5 Å². The first-order chi connectivity index (χ1) is 16.9. The van der Waals surface area contributed by atoms with Crippen molar-refractivity contribution in [2.45, 2.75) is 0 Å². The van der Waals surface area contributed by atoms with Crippen molar-refractivity contribution in [1.82, 2.24) is 5.43 Å². The maximum atomic E-state index is 12.8. The van der Waals surface area contributed by atoms with Crippen molar-refractivity contribution in [2.75, 3.05) is 6.61 Å². The molecule has 0 radical (unpaired) electrons. The van der Waals surface area contributed by atoms with Crippen LogP contribution in [0.15, 0.2) is 77.9 Å². The van der Waals surface area contributed by atoms with Crippen LogP contribution in [-0.4, -0.2) is 29.6 Å². The number of non-ortho nitro benzene ring substituents is 1. The fourth-order valence-electron chi connectivity index (χ4n) is 2.99. The van der Waals surface area contributed by atoms with Gasteiger partial charge in [0.05, 0.1) is 16.2 Å². The Bertz CT molecular complexity index is 1430. The Morgan fingerprint density at radius 1 is 1.06 bits per heavy atom. The largest absolute Gasteiger partial charge is 0.484 e. The van der Waals surface area contributed by atoms with Crippen LogP contribution in [0.4, 0.5) is 5.69 Å². The molecule has 3 aromatic carbocycles. The number of benzene rings is 3. The summed E-state index contributed by atoms with van der Waals surface area (Å²) in [7, 11) is 0. The van der Waals surface area contributed by atoms with Gasteiger partial charge in [-0.15, -0.1) is 11.3 Å². The van der Waals surface area contributed by atoms with Crippen LogP contribution in [0.2, 0.25) is 5.02 Å². The molecule has 0 bridgehead atoms. The summed E-state index contributed by atoms with van der Waals surface area (Å²) < 4.78 is 11.7. The number of hydrogen-bond acceptors (Lipinski definition) is 8. The molecule has 0 fully saturated rings.